The van der Waals surface area contributed by atoms with Crippen LogP contribution in [0.3, 0.4) is 0 Å². The Hall–Kier alpha value is -4.90. The number of likely N-dealkylation sites (N-methyl/N-ethyl adjacent to an activating group) is 2. The first-order valence-corrected chi connectivity index (χ1v) is 14.1. The van der Waals surface area contributed by atoms with E-state index in [4.69, 9.17) is 14.5 Å². The van der Waals surface area contributed by atoms with Crippen LogP contribution in [-0.4, -0.2) is 79.8 Å². The minimum Gasteiger partial charge on any atom is -0.494 e. The second kappa shape index (κ2) is 12.5. The number of aromatic nitrogens is 3. The van der Waals surface area contributed by atoms with Crippen LogP contribution in [0.1, 0.15) is 22.3 Å². The van der Waals surface area contributed by atoms with Crippen LogP contribution in [0.5, 0.6) is 5.75 Å². The second-order valence-electron chi connectivity index (χ2n) is 10.7. The summed E-state index contributed by atoms with van der Waals surface area (Å²) in [6.45, 7) is 6.01. The lowest BCUT2D eigenvalue weighted by atomic mass is 10.0. The summed E-state index contributed by atoms with van der Waals surface area (Å²) in [5, 5.41) is 7.17. The molecule has 3 heterocycles. The molecule has 4 aromatic rings. The second-order valence-corrected chi connectivity index (χ2v) is 10.7. The van der Waals surface area contributed by atoms with Gasteiger partial charge in [-0.15, -0.1) is 0 Å². The Morgan fingerprint density at radius 1 is 1.14 bits per heavy atom. The average Bonchev–Trinajstić information content (AvgIpc) is 3.39. The smallest absolute Gasteiger partial charge is 0.341 e. The molecule has 0 unspecified atom stereocenters. The Labute approximate surface area is 251 Å². The fourth-order valence-electron chi connectivity index (χ4n) is 5.38. The van der Waals surface area contributed by atoms with Gasteiger partial charge in [-0.05, 0) is 44.6 Å². The molecular formula is C32H37N7O4. The number of ether oxygens (including phenoxy) is 2. The van der Waals surface area contributed by atoms with Crippen LogP contribution in [0.15, 0.2) is 55.4 Å². The number of carbonyl (C=O) groups excluding carboxylic acids is 2. The predicted octanol–water partition coefficient (Wildman–Crippen LogP) is 4.71. The fraction of sp³-hybridized carbons (Fsp3) is 0.312. The van der Waals surface area contributed by atoms with Gasteiger partial charge in [0.15, 0.2) is 0 Å². The molecule has 0 spiro atoms. The quantitative estimate of drug-likeness (QED) is 0.191. The topological polar surface area (TPSA) is 114 Å². The summed E-state index contributed by atoms with van der Waals surface area (Å²) in [6.07, 6.45) is 6.80. The number of benzene rings is 2. The molecule has 43 heavy (non-hydrogen) atoms. The van der Waals surface area contributed by atoms with Gasteiger partial charge in [-0.3, -0.25) is 4.79 Å². The average molecular weight is 584 g/mol. The number of nitrogens with one attached hydrogen (secondary N) is 2. The van der Waals surface area contributed by atoms with Crippen molar-refractivity contribution in [3.8, 4) is 17.0 Å². The molecule has 0 aliphatic carbocycles. The van der Waals surface area contributed by atoms with Crippen molar-refractivity contribution in [2.45, 2.75) is 19.4 Å². The molecule has 0 bridgehead atoms. The molecule has 0 saturated heterocycles. The number of methoxy groups -OCH3 is 2. The number of carbonyl (C=O) groups is 2. The molecule has 1 aliphatic heterocycles. The van der Waals surface area contributed by atoms with E-state index in [0.29, 0.717) is 22.8 Å². The first kappa shape index (κ1) is 29.6. The van der Waals surface area contributed by atoms with Crippen LogP contribution in [0, 0.1) is 0 Å². The number of aryl methyl sites for hydroxylation is 2. The van der Waals surface area contributed by atoms with Crippen LogP contribution < -0.4 is 20.3 Å². The highest BCUT2D eigenvalue weighted by Crippen LogP contribution is 2.39. The minimum atomic E-state index is -0.523. The maximum Gasteiger partial charge on any atom is 0.341 e. The highest BCUT2D eigenvalue weighted by molar-refractivity contribution is 6.04. The van der Waals surface area contributed by atoms with Crippen LogP contribution in [0.4, 0.5) is 23.0 Å². The zero-order chi connectivity index (χ0) is 30.7. The van der Waals surface area contributed by atoms with E-state index in [1.807, 2.05) is 44.4 Å². The summed E-state index contributed by atoms with van der Waals surface area (Å²) in [5.41, 5.74) is 5.86. The van der Waals surface area contributed by atoms with Crippen LogP contribution in [-0.2, 0) is 22.5 Å². The Kier molecular flexibility index (Phi) is 8.63. The fourth-order valence-corrected chi connectivity index (χ4v) is 5.38. The molecule has 2 N–H and O–H groups in total. The summed E-state index contributed by atoms with van der Waals surface area (Å²) >= 11 is 0. The third kappa shape index (κ3) is 6.02. The van der Waals surface area contributed by atoms with Gasteiger partial charge in [0.05, 0.1) is 42.5 Å². The van der Waals surface area contributed by atoms with E-state index in [1.165, 1.54) is 24.9 Å². The molecule has 0 saturated carbocycles. The summed E-state index contributed by atoms with van der Waals surface area (Å²) in [6, 6.07) is 9.86. The number of rotatable bonds is 11. The Morgan fingerprint density at radius 3 is 2.67 bits per heavy atom. The Bertz CT molecular complexity index is 1700. The number of para-hydroxylation sites is 1. The zero-order valence-corrected chi connectivity index (χ0v) is 25.2. The lowest BCUT2D eigenvalue weighted by Crippen LogP contribution is -2.29. The molecule has 5 rings (SSSR count). The van der Waals surface area contributed by atoms with Gasteiger partial charge in [-0.25, -0.2) is 14.8 Å². The zero-order valence-electron chi connectivity index (χ0n) is 25.2. The van der Waals surface area contributed by atoms with Crippen molar-refractivity contribution in [3.63, 3.8) is 0 Å². The predicted molar refractivity (Wildman–Crippen MR) is 170 cm³/mol. The summed E-state index contributed by atoms with van der Waals surface area (Å²) in [4.78, 5) is 38.6. The van der Waals surface area contributed by atoms with Crippen molar-refractivity contribution < 1.29 is 19.1 Å². The third-order valence-corrected chi connectivity index (χ3v) is 7.58. The van der Waals surface area contributed by atoms with Gasteiger partial charge in [-0.1, -0.05) is 24.8 Å². The highest BCUT2D eigenvalue weighted by atomic mass is 16.5. The van der Waals surface area contributed by atoms with Gasteiger partial charge < -0.3 is 34.5 Å². The van der Waals surface area contributed by atoms with Crippen LogP contribution in [0.25, 0.3) is 22.2 Å². The summed E-state index contributed by atoms with van der Waals surface area (Å²) in [5.74, 6) is -0.0849. The first-order chi connectivity index (χ1) is 20.7. The van der Waals surface area contributed by atoms with E-state index in [-0.39, 0.29) is 17.4 Å². The number of anilines is 4. The molecule has 1 aliphatic rings. The number of esters is 1. The summed E-state index contributed by atoms with van der Waals surface area (Å²) in [7, 11) is 8.88. The van der Waals surface area contributed by atoms with Crippen LogP contribution >= 0.6 is 0 Å². The molecule has 0 radical (unpaired) electrons. The van der Waals surface area contributed by atoms with Gasteiger partial charge in [0, 0.05) is 56.1 Å². The standard InChI is InChI=1S/C32H37N7O4/c1-7-28(40)34-24-16-25(27(42-5)17-26(24)38(4)15-14-37(2)3)35-32-33-18-22(31(41)43-6)29(36-32)23-19-39-13-9-11-20-10-8-12-21(23)30(20)39/h7-8,10,12,16-19H,1,9,11,13-15H2,2-6H3,(H,34,40)(H,33,35,36). The van der Waals surface area contributed by atoms with Crippen molar-refractivity contribution in [2.24, 2.45) is 0 Å². The Morgan fingerprint density at radius 2 is 1.95 bits per heavy atom. The van der Waals surface area contributed by atoms with E-state index in [1.54, 1.807) is 13.2 Å². The number of amides is 1. The largest absolute Gasteiger partial charge is 0.494 e. The minimum absolute atomic E-state index is 0.252. The van der Waals surface area contributed by atoms with E-state index in [2.05, 4.69) is 43.8 Å². The molecule has 11 heteroatoms. The van der Waals surface area contributed by atoms with Crippen molar-refractivity contribution >= 4 is 45.8 Å². The van der Waals surface area contributed by atoms with E-state index >= 15 is 0 Å². The van der Waals surface area contributed by atoms with Crippen molar-refractivity contribution in [2.75, 3.05) is 64.0 Å². The number of hydrogen-bond acceptors (Lipinski definition) is 9. The summed E-state index contributed by atoms with van der Waals surface area (Å²) < 4.78 is 13.1. The molecule has 0 atom stereocenters. The van der Waals surface area contributed by atoms with Gasteiger partial charge in [0.25, 0.3) is 0 Å². The SMILES string of the molecule is C=CC(=O)Nc1cc(Nc2ncc(C(=O)OC)c(-c3cn4c5c(cccc35)CCC4)n2)c(OC)cc1N(C)CCN(C)C. The van der Waals surface area contributed by atoms with Crippen molar-refractivity contribution in [1.29, 1.82) is 0 Å². The van der Waals surface area contributed by atoms with E-state index in [9.17, 15) is 9.59 Å². The Balaban J connectivity index is 1.59. The third-order valence-electron chi connectivity index (χ3n) is 7.58. The normalized spacial score (nSPS) is 12.2. The van der Waals surface area contributed by atoms with Crippen LogP contribution in [0.2, 0.25) is 0 Å². The lowest BCUT2D eigenvalue weighted by molar-refractivity contribution is -0.111. The highest BCUT2D eigenvalue weighted by Gasteiger charge is 2.24. The lowest BCUT2D eigenvalue weighted by Gasteiger charge is -2.26. The number of nitrogens with zero attached hydrogens (tertiary/aromatic N) is 5. The first-order valence-electron chi connectivity index (χ1n) is 14.1. The molecular weight excluding hydrogens is 546 g/mol. The molecule has 2 aromatic heterocycles. The molecule has 11 nitrogen and oxygen atoms in total. The molecule has 224 valence electrons. The maximum absolute atomic E-state index is 12.8. The van der Waals surface area contributed by atoms with Gasteiger partial charge in [0.2, 0.25) is 11.9 Å². The van der Waals surface area contributed by atoms with Gasteiger partial charge in [0.1, 0.15) is 11.3 Å². The molecule has 1 amide bonds. The van der Waals surface area contributed by atoms with Gasteiger partial charge >= 0.3 is 5.97 Å². The van der Waals surface area contributed by atoms with E-state index < -0.39 is 5.97 Å². The molecule has 2 aromatic carbocycles. The molecule has 0 fully saturated rings. The van der Waals surface area contributed by atoms with Crippen molar-refractivity contribution in [3.05, 3.63) is 66.5 Å². The maximum atomic E-state index is 12.8. The van der Waals surface area contributed by atoms with E-state index in [0.717, 1.165) is 54.6 Å². The number of hydrogen-bond donors (Lipinski definition) is 2. The van der Waals surface area contributed by atoms with Crippen molar-refractivity contribution in [1.82, 2.24) is 19.4 Å². The van der Waals surface area contributed by atoms with Gasteiger partial charge in [-0.2, -0.15) is 0 Å². The monoisotopic (exact) mass is 583 g/mol.